The van der Waals surface area contributed by atoms with Gasteiger partial charge in [0.15, 0.2) is 0 Å². The number of rotatable bonds is 7. The third-order valence-electron chi connectivity index (χ3n) is 5.92. The summed E-state index contributed by atoms with van der Waals surface area (Å²) in [5.41, 5.74) is 3.50. The number of esters is 1. The fourth-order valence-electron chi connectivity index (χ4n) is 3.84. The van der Waals surface area contributed by atoms with Crippen molar-refractivity contribution in [2.45, 2.75) is 0 Å². The van der Waals surface area contributed by atoms with Crippen molar-refractivity contribution in [1.29, 1.82) is 0 Å². The first kappa shape index (κ1) is 29.5. The Balaban J connectivity index is 1.15. The van der Waals surface area contributed by atoms with Gasteiger partial charge >= 0.3 is 17.8 Å². The molecule has 43 heavy (non-hydrogen) atoms. The van der Waals surface area contributed by atoms with E-state index in [4.69, 9.17) is 27.9 Å². The Hall–Kier alpha value is -5.03. The molecule has 0 aliphatic carbocycles. The van der Waals surface area contributed by atoms with Crippen molar-refractivity contribution < 1.29 is 23.9 Å². The molecule has 0 saturated carbocycles. The molecule has 1 heterocycles. The highest BCUT2D eigenvalue weighted by Crippen LogP contribution is 2.35. The summed E-state index contributed by atoms with van der Waals surface area (Å²) in [6.45, 7) is 0. The first-order valence-corrected chi connectivity index (χ1v) is 14.2. The number of anilines is 2. The summed E-state index contributed by atoms with van der Waals surface area (Å²) in [5, 5.41) is 10.6. The molecule has 1 aromatic heterocycles. The molecule has 0 atom stereocenters. The Morgan fingerprint density at radius 3 is 2.21 bits per heavy atom. The lowest BCUT2D eigenvalue weighted by molar-refractivity contribution is -0.136. The first-order valence-electron chi connectivity index (χ1n) is 12.6. The molecule has 3 N–H and O–H groups in total. The van der Waals surface area contributed by atoms with E-state index in [0.29, 0.717) is 26.2 Å². The van der Waals surface area contributed by atoms with E-state index in [2.05, 4.69) is 21.2 Å². The molecule has 214 valence electrons. The van der Waals surface area contributed by atoms with Crippen molar-refractivity contribution >= 4 is 85.9 Å². The van der Waals surface area contributed by atoms with Gasteiger partial charge < -0.3 is 15.4 Å². The Bertz CT molecular complexity index is 1870. The summed E-state index contributed by atoms with van der Waals surface area (Å²) in [6, 6.07) is 26.5. The van der Waals surface area contributed by atoms with Crippen LogP contribution in [0.3, 0.4) is 0 Å². The number of carbonyl (C=O) groups excluding carboxylic acids is 4. The highest BCUT2D eigenvalue weighted by atomic mass is 35.5. The molecule has 0 saturated heterocycles. The van der Waals surface area contributed by atoms with Crippen LogP contribution >= 0.6 is 34.5 Å². The molecule has 3 amide bonds. The number of ether oxygens (including phenoxy) is 1. The predicted octanol–water partition coefficient (Wildman–Crippen LogP) is 6.77. The fraction of sp³-hybridized carbons (Fsp3) is 0. The molecule has 0 radical (unpaired) electrons. The van der Waals surface area contributed by atoms with E-state index in [0.717, 1.165) is 10.1 Å². The zero-order chi connectivity index (χ0) is 30.3. The van der Waals surface area contributed by atoms with Crippen LogP contribution in [0.1, 0.15) is 25.6 Å². The largest absolute Gasteiger partial charge is 0.422 e. The van der Waals surface area contributed by atoms with E-state index in [1.54, 1.807) is 60.7 Å². The number of benzene rings is 4. The van der Waals surface area contributed by atoms with Crippen molar-refractivity contribution in [3.05, 3.63) is 123 Å². The van der Waals surface area contributed by atoms with Crippen LogP contribution in [0.25, 0.3) is 10.1 Å². The topological polar surface area (TPSA) is 126 Å². The van der Waals surface area contributed by atoms with Crippen LogP contribution in [0.15, 0.2) is 102 Å². The fourth-order valence-corrected chi connectivity index (χ4v) is 5.35. The maximum absolute atomic E-state index is 12.8. The van der Waals surface area contributed by atoms with Gasteiger partial charge in [-0.25, -0.2) is 10.2 Å². The molecule has 9 nitrogen and oxygen atoms in total. The summed E-state index contributed by atoms with van der Waals surface area (Å²) in [4.78, 5) is 50.5. The molecule has 5 rings (SSSR count). The Morgan fingerprint density at radius 1 is 0.767 bits per heavy atom. The normalized spacial score (nSPS) is 10.8. The number of para-hydroxylation sites is 1. The SMILES string of the molecule is O=C(NN=Cc1ccc(OC(=O)c2sc3ccccc3c2Cl)cc1)C(=O)Nc1ccccc1C(=O)Nc1ccc(Cl)cc1. The summed E-state index contributed by atoms with van der Waals surface area (Å²) in [5.74, 6) is -2.84. The molecule has 0 unspecified atom stereocenters. The smallest absolute Gasteiger partial charge is 0.355 e. The van der Waals surface area contributed by atoms with E-state index in [9.17, 15) is 19.2 Å². The maximum Gasteiger partial charge on any atom is 0.355 e. The zero-order valence-corrected chi connectivity index (χ0v) is 24.3. The summed E-state index contributed by atoms with van der Waals surface area (Å²) in [7, 11) is 0. The van der Waals surface area contributed by atoms with Crippen LogP contribution in [0.2, 0.25) is 10.0 Å². The third kappa shape index (κ3) is 7.25. The van der Waals surface area contributed by atoms with Crippen LogP contribution < -0.4 is 20.8 Å². The van der Waals surface area contributed by atoms with Gasteiger partial charge in [-0.15, -0.1) is 11.3 Å². The van der Waals surface area contributed by atoms with Gasteiger partial charge in [-0.05, 0) is 72.3 Å². The number of amides is 3. The van der Waals surface area contributed by atoms with Crippen molar-refractivity contribution in [1.82, 2.24) is 5.43 Å². The molecule has 5 aromatic rings. The van der Waals surface area contributed by atoms with E-state index >= 15 is 0 Å². The first-order chi connectivity index (χ1) is 20.8. The monoisotopic (exact) mass is 630 g/mol. The van der Waals surface area contributed by atoms with Crippen molar-refractivity contribution in [3.8, 4) is 5.75 Å². The minimum Gasteiger partial charge on any atom is -0.422 e. The number of nitrogens with zero attached hydrogens (tertiary/aromatic N) is 1. The average Bonchev–Trinajstić information content (AvgIpc) is 3.35. The van der Waals surface area contributed by atoms with Gasteiger partial charge in [0.1, 0.15) is 10.6 Å². The zero-order valence-electron chi connectivity index (χ0n) is 22.0. The molecule has 0 aliphatic heterocycles. The number of fused-ring (bicyclic) bond motifs is 1. The number of thiophene rings is 1. The molecule has 0 fully saturated rings. The summed E-state index contributed by atoms with van der Waals surface area (Å²) in [6.07, 6.45) is 1.31. The van der Waals surface area contributed by atoms with Gasteiger partial charge in [-0.3, -0.25) is 14.4 Å². The molecular weight excluding hydrogens is 611 g/mol. The highest BCUT2D eigenvalue weighted by molar-refractivity contribution is 7.21. The van der Waals surface area contributed by atoms with Gasteiger partial charge in [0, 0.05) is 20.8 Å². The number of hydrogen-bond acceptors (Lipinski definition) is 7. The Morgan fingerprint density at radius 2 is 1.47 bits per heavy atom. The molecular formula is C31H20Cl2N4O5S. The van der Waals surface area contributed by atoms with Crippen LogP contribution in [-0.4, -0.2) is 29.9 Å². The van der Waals surface area contributed by atoms with E-state index in [-0.39, 0.29) is 17.0 Å². The molecule has 12 heteroatoms. The third-order valence-corrected chi connectivity index (χ3v) is 7.83. The second-order valence-electron chi connectivity index (χ2n) is 8.86. The molecule has 0 spiro atoms. The van der Waals surface area contributed by atoms with Crippen LogP contribution in [0.5, 0.6) is 5.75 Å². The molecule has 0 aliphatic rings. The number of hydrogen-bond donors (Lipinski definition) is 3. The van der Waals surface area contributed by atoms with Crippen molar-refractivity contribution in [2.75, 3.05) is 10.6 Å². The number of halogens is 2. The predicted molar refractivity (Wildman–Crippen MR) is 168 cm³/mol. The minimum atomic E-state index is -1.05. The summed E-state index contributed by atoms with van der Waals surface area (Å²) >= 11 is 13.5. The maximum atomic E-state index is 12.8. The number of hydrazone groups is 1. The lowest BCUT2D eigenvalue weighted by atomic mass is 10.1. The minimum absolute atomic E-state index is 0.139. The van der Waals surface area contributed by atoms with Gasteiger partial charge in [-0.1, -0.05) is 53.5 Å². The van der Waals surface area contributed by atoms with Gasteiger partial charge in [-0.2, -0.15) is 5.10 Å². The Labute approximate surface area is 259 Å². The second-order valence-corrected chi connectivity index (χ2v) is 10.7. The number of nitrogens with one attached hydrogen (secondary N) is 3. The second kappa shape index (κ2) is 13.3. The number of carbonyl (C=O) groups is 4. The molecule has 0 bridgehead atoms. The van der Waals surface area contributed by atoms with E-state index < -0.39 is 23.7 Å². The molecule has 4 aromatic carbocycles. The van der Waals surface area contributed by atoms with Gasteiger partial charge in [0.2, 0.25) is 0 Å². The highest BCUT2D eigenvalue weighted by Gasteiger charge is 2.20. The quantitative estimate of drug-likeness (QED) is 0.0601. The average molecular weight is 631 g/mol. The van der Waals surface area contributed by atoms with Gasteiger partial charge in [0.25, 0.3) is 5.91 Å². The lowest BCUT2D eigenvalue weighted by Crippen LogP contribution is -2.33. The van der Waals surface area contributed by atoms with Crippen molar-refractivity contribution in [2.24, 2.45) is 5.10 Å². The van der Waals surface area contributed by atoms with Crippen molar-refractivity contribution in [3.63, 3.8) is 0 Å². The lowest BCUT2D eigenvalue weighted by Gasteiger charge is -2.11. The van der Waals surface area contributed by atoms with Crippen LogP contribution in [0.4, 0.5) is 11.4 Å². The Kier molecular flexibility index (Phi) is 9.11. The van der Waals surface area contributed by atoms with Crippen LogP contribution in [0, 0.1) is 0 Å². The van der Waals surface area contributed by atoms with E-state index in [1.165, 1.54) is 29.7 Å². The standard InChI is InChI=1S/C31H20Cl2N4O5S/c32-19-11-13-20(14-12-19)35-28(38)22-5-1-3-7-24(22)36-29(39)30(40)37-34-17-18-9-15-21(16-10-18)42-31(41)27-26(33)23-6-2-4-8-25(23)43-27/h1-17H,(H,35,38)(H,36,39)(H,37,40). The van der Waals surface area contributed by atoms with E-state index in [1.807, 2.05) is 24.3 Å². The van der Waals surface area contributed by atoms with Gasteiger partial charge in [0.05, 0.1) is 22.5 Å². The van der Waals surface area contributed by atoms with Crippen LogP contribution in [-0.2, 0) is 9.59 Å². The summed E-state index contributed by atoms with van der Waals surface area (Å²) < 4.78 is 6.33.